The predicted octanol–water partition coefficient (Wildman–Crippen LogP) is 7.41. The van der Waals surface area contributed by atoms with Gasteiger partial charge in [0.05, 0.1) is 32.6 Å². The lowest BCUT2D eigenvalue weighted by atomic mass is 9.89. The van der Waals surface area contributed by atoms with Crippen LogP contribution in [0.2, 0.25) is 18.1 Å². The van der Waals surface area contributed by atoms with Crippen molar-refractivity contribution in [2.24, 2.45) is 5.92 Å². The summed E-state index contributed by atoms with van der Waals surface area (Å²) in [7, 11) is 1.24. The fourth-order valence-corrected chi connectivity index (χ4v) is 6.12. The normalized spacial score (nSPS) is 13.8. The molecule has 0 saturated heterocycles. The minimum absolute atomic E-state index is 0.0131. The molecule has 6 nitrogen and oxygen atoms in total. The average Bonchev–Trinajstić information content (AvgIpc) is 3.25. The van der Waals surface area contributed by atoms with Gasteiger partial charge in [0, 0.05) is 29.8 Å². The number of aliphatic hydroxyl groups excluding tert-OH is 1. The Kier molecular flexibility index (Phi) is 10.4. The zero-order chi connectivity index (χ0) is 28.8. The van der Waals surface area contributed by atoms with Gasteiger partial charge in [0.1, 0.15) is 11.5 Å². The summed E-state index contributed by atoms with van der Waals surface area (Å²) in [5, 5.41) is 14.6. The molecule has 0 unspecified atom stereocenters. The van der Waals surface area contributed by atoms with Crippen molar-refractivity contribution in [3.63, 3.8) is 0 Å². The van der Waals surface area contributed by atoms with E-state index in [1.54, 1.807) is 14.2 Å². The summed E-state index contributed by atoms with van der Waals surface area (Å²) in [6.45, 7) is 16.1. The van der Waals surface area contributed by atoms with Crippen LogP contribution in [0, 0.1) is 19.8 Å². The maximum Gasteiger partial charge on any atom is 0.192 e. The first-order chi connectivity index (χ1) is 18.4. The van der Waals surface area contributed by atoms with Crippen LogP contribution < -0.4 is 9.47 Å². The van der Waals surface area contributed by atoms with Crippen LogP contribution in [0.3, 0.4) is 0 Å². The molecule has 0 aliphatic heterocycles. The summed E-state index contributed by atoms with van der Waals surface area (Å²) >= 11 is 0. The van der Waals surface area contributed by atoms with Gasteiger partial charge in [0.15, 0.2) is 8.32 Å². The Morgan fingerprint density at radius 3 is 2.13 bits per heavy atom. The van der Waals surface area contributed by atoms with E-state index in [0.717, 1.165) is 53.1 Å². The van der Waals surface area contributed by atoms with Crippen molar-refractivity contribution in [2.45, 2.75) is 91.3 Å². The molecule has 0 saturated carbocycles. The SMILES string of the molecule is COc1cc([C@@H](O[Si](C)(C)C(C)(C)C)[C@@H](CCCc2ccccc2)Cn2cc(CO)c(C)n2)cc(OC)c1C. The Bertz CT molecular complexity index is 1180. The smallest absolute Gasteiger partial charge is 0.192 e. The van der Waals surface area contributed by atoms with E-state index in [9.17, 15) is 5.11 Å². The quantitative estimate of drug-likeness (QED) is 0.224. The van der Waals surface area contributed by atoms with Crippen molar-refractivity contribution < 1.29 is 19.0 Å². The molecule has 7 heteroatoms. The molecule has 1 aromatic heterocycles. The van der Waals surface area contributed by atoms with Gasteiger partial charge in [-0.2, -0.15) is 5.10 Å². The van der Waals surface area contributed by atoms with Crippen molar-refractivity contribution in [1.29, 1.82) is 0 Å². The molecule has 0 radical (unpaired) electrons. The summed E-state index contributed by atoms with van der Waals surface area (Å²) in [6.07, 6.45) is 4.79. The predicted molar refractivity (Wildman–Crippen MR) is 161 cm³/mol. The Balaban J connectivity index is 2.07. The largest absolute Gasteiger partial charge is 0.496 e. The number of hydrogen-bond acceptors (Lipinski definition) is 5. The second kappa shape index (κ2) is 13.2. The van der Waals surface area contributed by atoms with E-state index in [2.05, 4.69) is 76.3 Å². The minimum atomic E-state index is -2.17. The number of benzene rings is 2. The van der Waals surface area contributed by atoms with E-state index < -0.39 is 8.32 Å². The van der Waals surface area contributed by atoms with Gasteiger partial charge in [-0.15, -0.1) is 0 Å². The van der Waals surface area contributed by atoms with E-state index in [0.29, 0.717) is 6.54 Å². The molecule has 3 rings (SSSR count). The number of ether oxygens (including phenoxy) is 2. The van der Waals surface area contributed by atoms with Crippen LogP contribution in [0.1, 0.15) is 67.7 Å². The summed E-state index contributed by atoms with van der Waals surface area (Å²) in [4.78, 5) is 0. The number of rotatable bonds is 13. The molecule has 0 amide bonds. The van der Waals surface area contributed by atoms with Gasteiger partial charge in [-0.3, -0.25) is 4.68 Å². The number of aromatic nitrogens is 2. The second-order valence-electron chi connectivity index (χ2n) is 12.1. The Morgan fingerprint density at radius 1 is 1.00 bits per heavy atom. The molecular weight excluding hydrogens is 504 g/mol. The van der Waals surface area contributed by atoms with Crippen LogP contribution in [-0.2, 0) is 24.0 Å². The third-order valence-corrected chi connectivity index (χ3v) is 12.7. The van der Waals surface area contributed by atoms with Crippen molar-refractivity contribution in [2.75, 3.05) is 14.2 Å². The molecule has 2 aromatic carbocycles. The van der Waals surface area contributed by atoms with E-state index >= 15 is 0 Å². The van der Waals surface area contributed by atoms with Gasteiger partial charge in [0.25, 0.3) is 0 Å². The van der Waals surface area contributed by atoms with Crippen molar-refractivity contribution >= 4 is 8.32 Å². The molecule has 0 bridgehead atoms. The highest BCUT2D eigenvalue weighted by atomic mass is 28.4. The molecule has 1 N–H and O–H groups in total. The topological polar surface area (TPSA) is 65.7 Å². The van der Waals surface area contributed by atoms with Gasteiger partial charge in [-0.05, 0) is 74.5 Å². The third-order valence-electron chi connectivity index (χ3n) is 8.28. The van der Waals surface area contributed by atoms with Crippen LogP contribution >= 0.6 is 0 Å². The molecule has 0 aliphatic carbocycles. The van der Waals surface area contributed by atoms with Crippen LogP contribution in [0.15, 0.2) is 48.7 Å². The summed E-state index contributed by atoms with van der Waals surface area (Å²) in [6, 6.07) is 14.9. The number of nitrogens with zero attached hydrogens (tertiary/aromatic N) is 2. The highest BCUT2D eigenvalue weighted by Crippen LogP contribution is 2.45. The fraction of sp³-hybridized carbons (Fsp3) is 0.531. The number of methoxy groups -OCH3 is 2. The summed E-state index contributed by atoms with van der Waals surface area (Å²) in [5.41, 5.74) is 5.11. The van der Waals surface area contributed by atoms with E-state index in [1.165, 1.54) is 5.56 Å². The molecule has 39 heavy (non-hydrogen) atoms. The second-order valence-corrected chi connectivity index (χ2v) is 16.9. The van der Waals surface area contributed by atoms with Crippen LogP contribution in [0.5, 0.6) is 11.5 Å². The van der Waals surface area contributed by atoms with Crippen molar-refractivity contribution in [3.05, 3.63) is 76.6 Å². The number of aliphatic hydroxyl groups is 1. The van der Waals surface area contributed by atoms with Gasteiger partial charge in [-0.25, -0.2) is 0 Å². The Hall–Kier alpha value is -2.61. The maximum absolute atomic E-state index is 9.80. The van der Waals surface area contributed by atoms with Gasteiger partial charge < -0.3 is 19.0 Å². The molecule has 0 fully saturated rings. The lowest BCUT2D eigenvalue weighted by Crippen LogP contribution is -2.43. The first-order valence-corrected chi connectivity index (χ1v) is 16.9. The minimum Gasteiger partial charge on any atom is -0.496 e. The molecule has 1 heterocycles. The zero-order valence-corrected chi connectivity index (χ0v) is 26.4. The Morgan fingerprint density at radius 2 is 1.62 bits per heavy atom. The first-order valence-electron chi connectivity index (χ1n) is 14.0. The van der Waals surface area contributed by atoms with Crippen molar-refractivity contribution in [3.8, 4) is 11.5 Å². The van der Waals surface area contributed by atoms with Crippen LogP contribution in [0.25, 0.3) is 0 Å². The zero-order valence-electron chi connectivity index (χ0n) is 25.4. The number of aryl methyl sites for hydroxylation is 2. The fourth-order valence-electron chi connectivity index (χ4n) is 4.80. The lowest BCUT2D eigenvalue weighted by molar-refractivity contribution is 0.0969. The highest BCUT2D eigenvalue weighted by Gasteiger charge is 2.41. The monoisotopic (exact) mass is 552 g/mol. The van der Waals surface area contributed by atoms with E-state index in [-0.39, 0.29) is 23.7 Å². The summed E-state index contributed by atoms with van der Waals surface area (Å²) < 4.78 is 20.8. The molecular formula is C32H48N2O4Si. The van der Waals surface area contributed by atoms with Crippen LogP contribution in [-0.4, -0.2) is 37.4 Å². The van der Waals surface area contributed by atoms with E-state index in [1.807, 2.05) is 24.7 Å². The first kappa shape index (κ1) is 30.9. The lowest BCUT2D eigenvalue weighted by Gasteiger charge is -2.42. The van der Waals surface area contributed by atoms with Crippen molar-refractivity contribution in [1.82, 2.24) is 9.78 Å². The van der Waals surface area contributed by atoms with Gasteiger partial charge in [-0.1, -0.05) is 51.1 Å². The maximum atomic E-state index is 9.80. The average molecular weight is 553 g/mol. The summed E-state index contributed by atoms with van der Waals surface area (Å²) in [5.74, 6) is 1.74. The molecule has 2 atom stereocenters. The molecule has 0 aliphatic rings. The number of hydrogen-bond donors (Lipinski definition) is 1. The molecule has 3 aromatic rings. The molecule has 0 spiro atoms. The standard InChI is InChI=1S/C32H48N2O4Si/c1-23-29(36-6)18-27(19-30(23)37-7)31(38-39(8,9)32(3,4)5)26(17-13-16-25-14-11-10-12-15-25)20-34-21-28(22-35)24(2)33-34/h10-12,14-15,18-19,21,26,31,35H,13,16-17,20,22H2,1-9H3/t26-,31-/m0/s1. The van der Waals surface area contributed by atoms with Crippen LogP contribution in [0.4, 0.5) is 0 Å². The van der Waals surface area contributed by atoms with E-state index in [4.69, 9.17) is 19.0 Å². The van der Waals surface area contributed by atoms with Gasteiger partial charge >= 0.3 is 0 Å². The molecule has 214 valence electrons. The Labute approximate surface area is 236 Å². The highest BCUT2D eigenvalue weighted by molar-refractivity contribution is 6.74. The third kappa shape index (κ3) is 7.74. The van der Waals surface area contributed by atoms with Gasteiger partial charge in [0.2, 0.25) is 0 Å².